The predicted molar refractivity (Wildman–Crippen MR) is 89.1 cm³/mol. The van der Waals surface area contributed by atoms with E-state index in [1.807, 2.05) is 38.1 Å². The first-order valence-electron chi connectivity index (χ1n) is 7.45. The van der Waals surface area contributed by atoms with Gasteiger partial charge in [-0.05, 0) is 31.2 Å². The summed E-state index contributed by atoms with van der Waals surface area (Å²) in [6.45, 7) is 9.15. The molecule has 1 aromatic carbocycles. The number of hydrogen-bond donors (Lipinski definition) is 1. The molecule has 0 atom stereocenters. The summed E-state index contributed by atoms with van der Waals surface area (Å²) in [5.41, 5.74) is 7.71. The monoisotopic (exact) mass is 290 g/mol. The van der Waals surface area contributed by atoms with Crippen molar-refractivity contribution < 1.29 is 4.79 Å². The predicted octanol–water partition coefficient (Wildman–Crippen LogP) is 1.98. The molecular formula is C16H26N4O. The number of aliphatic imine (C=N–C) groups is 1. The molecule has 1 aliphatic heterocycles. The lowest BCUT2D eigenvalue weighted by Crippen LogP contribution is -2.51. The van der Waals surface area contributed by atoms with Crippen LogP contribution in [0.3, 0.4) is 0 Å². The van der Waals surface area contributed by atoms with E-state index in [1.165, 1.54) is 0 Å². The molecule has 2 N–H and O–H groups in total. The summed E-state index contributed by atoms with van der Waals surface area (Å²) in [7, 11) is 1.71. The quantitative estimate of drug-likeness (QED) is 0.514. The van der Waals surface area contributed by atoms with Crippen LogP contribution in [-0.4, -0.2) is 49.9 Å². The van der Waals surface area contributed by atoms with E-state index in [-0.39, 0.29) is 5.78 Å². The Hall–Kier alpha value is -2.04. The Kier molecular flexibility index (Phi) is 6.72. The Morgan fingerprint density at radius 1 is 1.10 bits per heavy atom. The molecule has 1 heterocycles. The molecule has 0 bridgehead atoms. The van der Waals surface area contributed by atoms with Crippen LogP contribution < -0.4 is 10.6 Å². The van der Waals surface area contributed by atoms with Crippen LogP contribution in [0.2, 0.25) is 0 Å². The maximum atomic E-state index is 11.2. The highest BCUT2D eigenvalue weighted by atomic mass is 16.1. The molecular weight excluding hydrogens is 264 g/mol. The number of anilines is 1. The lowest BCUT2D eigenvalue weighted by atomic mass is 10.1. The highest BCUT2D eigenvalue weighted by Gasteiger charge is 2.18. The summed E-state index contributed by atoms with van der Waals surface area (Å²) in [4.78, 5) is 19.6. The van der Waals surface area contributed by atoms with Gasteiger partial charge in [0, 0.05) is 44.5 Å². The molecule has 1 aromatic rings. The first kappa shape index (κ1) is 17.0. The minimum Gasteiger partial charge on any atom is -0.370 e. The van der Waals surface area contributed by atoms with Gasteiger partial charge in [0.15, 0.2) is 11.7 Å². The van der Waals surface area contributed by atoms with Gasteiger partial charge in [0.1, 0.15) is 0 Å². The van der Waals surface area contributed by atoms with Gasteiger partial charge < -0.3 is 15.5 Å². The van der Waals surface area contributed by atoms with Crippen LogP contribution in [0.15, 0.2) is 29.3 Å². The second kappa shape index (κ2) is 8.29. The zero-order valence-corrected chi connectivity index (χ0v) is 13.5. The second-order valence-electron chi connectivity index (χ2n) is 4.66. The number of hydrogen-bond acceptors (Lipinski definition) is 3. The third kappa shape index (κ3) is 4.48. The molecule has 1 fully saturated rings. The summed E-state index contributed by atoms with van der Waals surface area (Å²) < 4.78 is 0. The lowest BCUT2D eigenvalue weighted by Gasteiger charge is -2.36. The van der Waals surface area contributed by atoms with Gasteiger partial charge in [-0.15, -0.1) is 0 Å². The van der Waals surface area contributed by atoms with E-state index in [0.717, 1.165) is 37.4 Å². The molecule has 116 valence electrons. The van der Waals surface area contributed by atoms with Crippen LogP contribution in [0.25, 0.3) is 0 Å². The molecule has 0 unspecified atom stereocenters. The van der Waals surface area contributed by atoms with Gasteiger partial charge in [0.05, 0.1) is 0 Å². The van der Waals surface area contributed by atoms with Gasteiger partial charge in [-0.3, -0.25) is 9.79 Å². The van der Waals surface area contributed by atoms with Gasteiger partial charge in [0.25, 0.3) is 0 Å². The van der Waals surface area contributed by atoms with E-state index in [0.29, 0.717) is 5.96 Å². The molecule has 2 rings (SSSR count). The first-order chi connectivity index (χ1) is 10.1. The van der Waals surface area contributed by atoms with Crippen LogP contribution in [0.5, 0.6) is 0 Å². The molecule has 1 saturated heterocycles. The summed E-state index contributed by atoms with van der Waals surface area (Å²) in [6.07, 6.45) is 0. The number of nitrogens with zero attached hydrogens (tertiary/aromatic N) is 3. The third-order valence-electron chi connectivity index (χ3n) is 3.47. The van der Waals surface area contributed by atoms with Crippen LogP contribution >= 0.6 is 0 Å². The normalized spacial score (nSPS) is 15.3. The summed E-state index contributed by atoms with van der Waals surface area (Å²) >= 11 is 0. The fraction of sp³-hybridized carbons (Fsp3) is 0.500. The van der Waals surface area contributed by atoms with Crippen LogP contribution in [0.4, 0.5) is 5.69 Å². The van der Waals surface area contributed by atoms with Crippen molar-refractivity contribution in [3.8, 4) is 0 Å². The Morgan fingerprint density at radius 3 is 2.05 bits per heavy atom. The van der Waals surface area contributed by atoms with Crippen molar-refractivity contribution in [3.05, 3.63) is 29.8 Å². The van der Waals surface area contributed by atoms with Gasteiger partial charge >= 0.3 is 0 Å². The molecule has 0 radical (unpaired) electrons. The highest BCUT2D eigenvalue weighted by molar-refractivity contribution is 5.94. The Bertz CT molecular complexity index is 474. The summed E-state index contributed by atoms with van der Waals surface area (Å²) in [6, 6.07) is 7.77. The number of carbonyl (C=O) groups is 1. The molecule has 5 heteroatoms. The minimum absolute atomic E-state index is 0.100. The smallest absolute Gasteiger partial charge is 0.191 e. The number of benzene rings is 1. The first-order valence-corrected chi connectivity index (χ1v) is 7.45. The molecule has 21 heavy (non-hydrogen) atoms. The molecule has 0 amide bonds. The van der Waals surface area contributed by atoms with Crippen molar-refractivity contribution in [2.45, 2.75) is 20.8 Å². The van der Waals surface area contributed by atoms with Crippen molar-refractivity contribution in [2.24, 2.45) is 10.7 Å². The molecule has 0 spiro atoms. The Morgan fingerprint density at radius 2 is 1.62 bits per heavy atom. The number of Topliss-reactive ketones (excluding diaryl/α,β-unsaturated/α-hetero) is 1. The van der Waals surface area contributed by atoms with Crippen LogP contribution in [0, 0.1) is 0 Å². The van der Waals surface area contributed by atoms with E-state index in [2.05, 4.69) is 14.8 Å². The van der Waals surface area contributed by atoms with Crippen LogP contribution in [-0.2, 0) is 0 Å². The molecule has 0 aromatic heterocycles. The fourth-order valence-electron chi connectivity index (χ4n) is 2.24. The molecule has 5 nitrogen and oxygen atoms in total. The zero-order valence-electron chi connectivity index (χ0n) is 13.5. The number of carbonyl (C=O) groups excluding carboxylic acids is 1. The van der Waals surface area contributed by atoms with Crippen LogP contribution in [0.1, 0.15) is 31.1 Å². The van der Waals surface area contributed by atoms with Gasteiger partial charge in [-0.25, -0.2) is 0 Å². The minimum atomic E-state index is 0.100. The van der Waals surface area contributed by atoms with Crippen molar-refractivity contribution in [3.63, 3.8) is 0 Å². The molecule has 1 aliphatic rings. The van der Waals surface area contributed by atoms with Crippen molar-refractivity contribution >= 4 is 17.4 Å². The van der Waals surface area contributed by atoms with E-state index in [9.17, 15) is 4.79 Å². The maximum absolute atomic E-state index is 11.2. The second-order valence-corrected chi connectivity index (χ2v) is 4.66. The van der Waals surface area contributed by atoms with E-state index in [1.54, 1.807) is 14.0 Å². The fourth-order valence-corrected chi connectivity index (χ4v) is 2.24. The molecule has 0 aliphatic carbocycles. The lowest BCUT2D eigenvalue weighted by molar-refractivity contribution is 0.101. The topological polar surface area (TPSA) is 61.9 Å². The Labute approximate surface area is 127 Å². The van der Waals surface area contributed by atoms with Crippen molar-refractivity contribution in [1.29, 1.82) is 0 Å². The standard InChI is InChI=1S/C14H20N4O.C2H6/c1-11(19)12-3-5-13(6-4-12)17-7-9-18(10-8-17)14(15)16-2;1-2/h3-6H,7-10H2,1-2H3,(H2,15,16);1-2H3. The summed E-state index contributed by atoms with van der Waals surface area (Å²) in [5, 5.41) is 0. The number of rotatable bonds is 2. The van der Waals surface area contributed by atoms with E-state index >= 15 is 0 Å². The van der Waals surface area contributed by atoms with Gasteiger partial charge in [0.2, 0.25) is 0 Å². The van der Waals surface area contributed by atoms with Gasteiger partial charge in [-0.1, -0.05) is 13.8 Å². The van der Waals surface area contributed by atoms with E-state index < -0.39 is 0 Å². The molecule has 0 saturated carbocycles. The van der Waals surface area contributed by atoms with Gasteiger partial charge in [-0.2, -0.15) is 0 Å². The SMILES string of the molecule is CC.CN=C(N)N1CCN(c2ccc(C(C)=O)cc2)CC1. The number of guanidine groups is 1. The highest BCUT2D eigenvalue weighted by Crippen LogP contribution is 2.17. The maximum Gasteiger partial charge on any atom is 0.191 e. The largest absolute Gasteiger partial charge is 0.370 e. The van der Waals surface area contributed by atoms with Crippen molar-refractivity contribution in [2.75, 3.05) is 38.1 Å². The Balaban J connectivity index is 0.00000106. The summed E-state index contributed by atoms with van der Waals surface area (Å²) in [5.74, 6) is 0.704. The average molecular weight is 290 g/mol. The number of ketones is 1. The van der Waals surface area contributed by atoms with E-state index in [4.69, 9.17) is 5.73 Å². The zero-order chi connectivity index (χ0) is 15.8. The average Bonchev–Trinajstić information content (AvgIpc) is 2.56. The number of nitrogens with two attached hydrogens (primary N) is 1. The van der Waals surface area contributed by atoms with Crippen molar-refractivity contribution in [1.82, 2.24) is 4.90 Å². The number of piperazine rings is 1. The third-order valence-corrected chi connectivity index (χ3v) is 3.47.